The second-order valence-electron chi connectivity index (χ2n) is 20.1. The lowest BCUT2D eigenvalue weighted by molar-refractivity contribution is -0.302. The first-order valence-corrected chi connectivity index (χ1v) is 28.2. The lowest BCUT2D eigenvalue weighted by Gasteiger charge is -2.40. The molecule has 1 fully saturated rings. The van der Waals surface area contributed by atoms with Crippen LogP contribution in [0, 0.1) is 0 Å². The van der Waals surface area contributed by atoms with E-state index in [1.165, 1.54) is 225 Å². The van der Waals surface area contributed by atoms with E-state index in [2.05, 4.69) is 19.2 Å². The number of nitrogens with one attached hydrogen (secondary N) is 1. The predicted octanol–water partition coefficient (Wildman–Crippen LogP) is 13.5. The maximum absolute atomic E-state index is 13.0. The van der Waals surface area contributed by atoms with Crippen molar-refractivity contribution < 1.29 is 39.8 Å². The van der Waals surface area contributed by atoms with Crippen LogP contribution >= 0.6 is 0 Å². The van der Waals surface area contributed by atoms with E-state index in [0.717, 1.165) is 38.5 Å². The van der Waals surface area contributed by atoms with Crippen LogP contribution in [-0.4, -0.2) is 87.5 Å². The van der Waals surface area contributed by atoms with E-state index < -0.39 is 49.5 Å². The third-order valence-electron chi connectivity index (χ3n) is 14.0. The Bertz CT molecular complexity index is 970. The second-order valence-corrected chi connectivity index (χ2v) is 20.1. The lowest BCUT2D eigenvalue weighted by Crippen LogP contribution is -2.60. The molecule has 9 nitrogen and oxygen atoms in total. The first-order chi connectivity index (χ1) is 31.3. The molecule has 1 rings (SSSR count). The largest absolute Gasteiger partial charge is 0.394 e. The Labute approximate surface area is 395 Å². The van der Waals surface area contributed by atoms with Gasteiger partial charge < -0.3 is 40.3 Å². The Kier molecular flexibility index (Phi) is 43.9. The maximum Gasteiger partial charge on any atom is 0.220 e. The molecule has 7 unspecified atom stereocenters. The molecule has 1 heterocycles. The normalized spacial score (nSPS) is 19.9. The molecule has 0 radical (unpaired) electrons. The summed E-state index contributed by atoms with van der Waals surface area (Å²) in [4.78, 5) is 13.0. The van der Waals surface area contributed by atoms with Crippen LogP contribution in [0.1, 0.15) is 290 Å². The number of ether oxygens (including phenoxy) is 2. The quantitative estimate of drug-likeness (QED) is 0.0331. The Morgan fingerprint density at radius 3 is 1.11 bits per heavy atom. The molecule has 1 amide bonds. The smallest absolute Gasteiger partial charge is 0.220 e. The van der Waals surface area contributed by atoms with E-state index in [-0.39, 0.29) is 12.5 Å². The minimum atomic E-state index is -1.55. The molecule has 382 valence electrons. The van der Waals surface area contributed by atoms with Crippen molar-refractivity contribution in [3.8, 4) is 0 Å². The molecule has 64 heavy (non-hydrogen) atoms. The molecular weight excluding hydrogens is 803 g/mol. The maximum atomic E-state index is 13.0. The zero-order chi connectivity index (χ0) is 46.6. The first kappa shape index (κ1) is 61.2. The molecule has 1 aliphatic heterocycles. The number of rotatable bonds is 49. The van der Waals surface area contributed by atoms with Gasteiger partial charge in [-0.1, -0.05) is 271 Å². The highest BCUT2D eigenvalue weighted by Crippen LogP contribution is 2.23. The summed E-state index contributed by atoms with van der Waals surface area (Å²) in [5, 5.41) is 54.6. The number of aliphatic hydroxyl groups is 5. The van der Waals surface area contributed by atoms with Gasteiger partial charge in [-0.2, -0.15) is 0 Å². The lowest BCUT2D eigenvalue weighted by atomic mass is 9.99. The molecule has 9 heteroatoms. The Morgan fingerprint density at radius 1 is 0.469 bits per heavy atom. The van der Waals surface area contributed by atoms with Gasteiger partial charge in [0, 0.05) is 6.42 Å². The van der Waals surface area contributed by atoms with Gasteiger partial charge in [-0.3, -0.25) is 4.79 Å². The van der Waals surface area contributed by atoms with Crippen LogP contribution in [0.25, 0.3) is 0 Å². The summed E-state index contributed by atoms with van der Waals surface area (Å²) >= 11 is 0. The number of carbonyl (C=O) groups excluding carboxylic acids is 1. The Balaban J connectivity index is 2.14. The molecule has 6 N–H and O–H groups in total. The van der Waals surface area contributed by atoms with Crippen molar-refractivity contribution >= 4 is 5.91 Å². The average Bonchev–Trinajstić information content (AvgIpc) is 3.29. The van der Waals surface area contributed by atoms with E-state index in [4.69, 9.17) is 9.47 Å². The van der Waals surface area contributed by atoms with Crippen molar-refractivity contribution in [3.05, 3.63) is 0 Å². The van der Waals surface area contributed by atoms with Crippen LogP contribution in [0.15, 0.2) is 0 Å². The molecule has 0 aromatic heterocycles. The molecule has 0 aromatic carbocycles. The van der Waals surface area contributed by atoms with Crippen LogP contribution in [0.2, 0.25) is 0 Å². The van der Waals surface area contributed by atoms with Gasteiger partial charge in [-0.05, 0) is 12.8 Å². The van der Waals surface area contributed by atoms with Gasteiger partial charge in [0.1, 0.15) is 24.4 Å². The third-order valence-corrected chi connectivity index (χ3v) is 14.0. The van der Waals surface area contributed by atoms with Crippen molar-refractivity contribution in [2.24, 2.45) is 0 Å². The van der Waals surface area contributed by atoms with Gasteiger partial charge in [0.2, 0.25) is 5.91 Å². The molecule has 0 aliphatic carbocycles. The van der Waals surface area contributed by atoms with E-state index in [1.54, 1.807) is 0 Å². The van der Waals surface area contributed by atoms with E-state index in [0.29, 0.717) is 12.8 Å². The van der Waals surface area contributed by atoms with Gasteiger partial charge >= 0.3 is 0 Å². The second kappa shape index (κ2) is 45.9. The molecule has 0 saturated carbocycles. The minimum absolute atomic E-state index is 0.131. The zero-order valence-electron chi connectivity index (χ0n) is 42.3. The fourth-order valence-electron chi connectivity index (χ4n) is 9.46. The molecule has 7 atom stereocenters. The summed E-state index contributed by atoms with van der Waals surface area (Å²) in [6, 6.07) is -0.712. The summed E-state index contributed by atoms with van der Waals surface area (Å²) in [7, 11) is 0. The number of unbranched alkanes of at least 4 members (excludes halogenated alkanes) is 39. The van der Waals surface area contributed by atoms with Crippen molar-refractivity contribution in [3.63, 3.8) is 0 Å². The topological polar surface area (TPSA) is 149 Å². The van der Waals surface area contributed by atoms with Gasteiger partial charge in [0.05, 0.1) is 25.4 Å². The SMILES string of the molecule is CCCCCCCCCCCCCCCCCCCCCCCCCCCCCCC(O)C(COC1OC(CO)C(O)C(O)C1O)NC(=O)CCCCCCCCCCCCCCC. The van der Waals surface area contributed by atoms with Gasteiger partial charge in [0.15, 0.2) is 6.29 Å². The highest BCUT2D eigenvalue weighted by atomic mass is 16.7. The minimum Gasteiger partial charge on any atom is -0.394 e. The number of amides is 1. The number of hydrogen-bond acceptors (Lipinski definition) is 8. The van der Waals surface area contributed by atoms with E-state index in [9.17, 15) is 30.3 Å². The fraction of sp³-hybridized carbons (Fsp3) is 0.982. The molecule has 1 saturated heterocycles. The van der Waals surface area contributed by atoms with Gasteiger partial charge in [-0.15, -0.1) is 0 Å². The Hall–Kier alpha value is -0.810. The average molecular weight is 912 g/mol. The molecule has 0 spiro atoms. The van der Waals surface area contributed by atoms with Crippen molar-refractivity contribution in [1.82, 2.24) is 5.32 Å². The number of aliphatic hydroxyl groups excluding tert-OH is 5. The van der Waals surface area contributed by atoms with Crippen LogP contribution in [0.4, 0.5) is 0 Å². The fourth-order valence-corrected chi connectivity index (χ4v) is 9.46. The summed E-state index contributed by atoms with van der Waals surface area (Å²) in [6.07, 6.45) is 47.1. The third kappa shape index (κ3) is 35.3. The highest BCUT2D eigenvalue weighted by Gasteiger charge is 2.44. The van der Waals surface area contributed by atoms with Crippen LogP contribution in [0.3, 0.4) is 0 Å². The molecule has 1 aliphatic rings. The van der Waals surface area contributed by atoms with Crippen LogP contribution < -0.4 is 5.32 Å². The first-order valence-electron chi connectivity index (χ1n) is 28.2. The van der Waals surface area contributed by atoms with Crippen LogP contribution in [0.5, 0.6) is 0 Å². The van der Waals surface area contributed by atoms with Crippen molar-refractivity contribution in [1.29, 1.82) is 0 Å². The number of hydrogen-bond donors (Lipinski definition) is 6. The van der Waals surface area contributed by atoms with E-state index >= 15 is 0 Å². The summed E-state index contributed by atoms with van der Waals surface area (Å²) in [6.45, 7) is 3.87. The van der Waals surface area contributed by atoms with Crippen LogP contribution in [-0.2, 0) is 14.3 Å². The van der Waals surface area contributed by atoms with Gasteiger partial charge in [0.25, 0.3) is 0 Å². The van der Waals surface area contributed by atoms with Crippen molar-refractivity contribution in [2.45, 2.75) is 333 Å². The highest BCUT2D eigenvalue weighted by molar-refractivity contribution is 5.76. The Morgan fingerprint density at radius 2 is 0.781 bits per heavy atom. The molecule has 0 aromatic rings. The number of carbonyl (C=O) groups is 1. The standard InChI is InChI=1S/C55H109NO8/c1-3-5-7-9-11-13-15-17-18-19-20-21-22-23-24-25-26-27-28-29-30-31-33-34-36-38-40-42-44-49(58)48(47-63-55-54(62)53(61)52(60)50(46-57)64-55)56-51(59)45-43-41-39-37-35-32-16-14-12-10-8-6-4-2/h48-50,52-55,57-58,60-62H,3-47H2,1-2H3,(H,56,59). The summed E-state index contributed by atoms with van der Waals surface area (Å²) < 4.78 is 11.3. The van der Waals surface area contributed by atoms with Crippen molar-refractivity contribution in [2.75, 3.05) is 13.2 Å². The summed E-state index contributed by atoms with van der Waals surface area (Å²) in [5.74, 6) is -0.139. The molecular formula is C55H109NO8. The zero-order valence-corrected chi connectivity index (χ0v) is 42.3. The van der Waals surface area contributed by atoms with E-state index in [1.807, 2.05) is 0 Å². The molecule has 0 bridgehead atoms. The predicted molar refractivity (Wildman–Crippen MR) is 268 cm³/mol. The summed E-state index contributed by atoms with van der Waals surface area (Å²) in [5.41, 5.74) is 0. The van der Waals surface area contributed by atoms with Gasteiger partial charge in [-0.25, -0.2) is 0 Å². The monoisotopic (exact) mass is 912 g/mol.